The summed E-state index contributed by atoms with van der Waals surface area (Å²) in [4.78, 5) is 29.0. The van der Waals surface area contributed by atoms with Crippen molar-refractivity contribution in [3.63, 3.8) is 0 Å². The van der Waals surface area contributed by atoms with Crippen LogP contribution in [0, 0.1) is 0 Å². The molecule has 5 nitrogen and oxygen atoms in total. The highest BCUT2D eigenvalue weighted by atomic mass is 35.5. The number of hydrogen-bond donors (Lipinski definition) is 1. The van der Waals surface area contributed by atoms with Crippen LogP contribution < -0.4 is 5.32 Å². The number of halogens is 1. The molecule has 1 aliphatic carbocycles. The number of amides is 1. The van der Waals surface area contributed by atoms with Crippen LogP contribution in [0.15, 0.2) is 29.6 Å². The lowest BCUT2D eigenvalue weighted by Crippen LogP contribution is -2.42. The van der Waals surface area contributed by atoms with Gasteiger partial charge in [-0.15, -0.1) is 11.3 Å². The topological polar surface area (TPSA) is 68.3 Å². The van der Waals surface area contributed by atoms with Gasteiger partial charge in [-0.25, -0.2) is 4.98 Å². The Balaban J connectivity index is 1.49. The van der Waals surface area contributed by atoms with Crippen LogP contribution in [-0.2, 0) is 20.7 Å². The molecule has 3 rings (SSSR count). The van der Waals surface area contributed by atoms with Gasteiger partial charge in [-0.3, -0.25) is 9.59 Å². The highest BCUT2D eigenvalue weighted by Gasteiger charge is 2.22. The minimum Gasteiger partial charge on any atom is -0.452 e. The number of rotatable bonds is 6. The van der Waals surface area contributed by atoms with Crippen LogP contribution >= 0.6 is 22.9 Å². The first-order valence-electron chi connectivity index (χ1n) is 9.71. The Morgan fingerprint density at radius 1 is 1.21 bits per heavy atom. The fraction of sp³-hybridized carbons (Fsp3) is 0.476. The molecule has 2 aromatic rings. The Morgan fingerprint density at radius 3 is 2.57 bits per heavy atom. The molecule has 1 aromatic carbocycles. The van der Waals surface area contributed by atoms with Crippen molar-refractivity contribution in [3.05, 3.63) is 40.4 Å². The predicted molar refractivity (Wildman–Crippen MR) is 111 cm³/mol. The summed E-state index contributed by atoms with van der Waals surface area (Å²) in [5.41, 5.74) is 1.58. The number of carbonyl (C=O) groups excluding carboxylic acids is 2. The highest BCUT2D eigenvalue weighted by Crippen LogP contribution is 2.25. The van der Waals surface area contributed by atoms with Gasteiger partial charge < -0.3 is 10.1 Å². The van der Waals surface area contributed by atoms with Crippen molar-refractivity contribution in [3.8, 4) is 10.6 Å². The van der Waals surface area contributed by atoms with Crippen LogP contribution in [0.3, 0.4) is 0 Å². The Hall–Kier alpha value is -1.92. The van der Waals surface area contributed by atoms with E-state index in [9.17, 15) is 9.59 Å². The standard InChI is InChI=1S/C21H25ClN2O3S/c1-14(20(26)23-17-6-4-2-3-5-7-17)27-19(25)12-18-13-28-21(24-18)15-8-10-16(22)11-9-15/h8-11,13-14,17H,2-7,12H2,1H3,(H,23,26)/t14-/m1/s1. The third-order valence-corrected chi connectivity index (χ3v) is 6.04. The van der Waals surface area contributed by atoms with Crippen molar-refractivity contribution in [1.29, 1.82) is 0 Å². The molecule has 0 aliphatic heterocycles. The number of aromatic nitrogens is 1. The number of thiazole rings is 1. The molecule has 1 aromatic heterocycles. The first kappa shape index (κ1) is 20.8. The summed E-state index contributed by atoms with van der Waals surface area (Å²) in [6, 6.07) is 7.59. The summed E-state index contributed by atoms with van der Waals surface area (Å²) in [5.74, 6) is -0.670. The number of benzene rings is 1. The normalized spacial score (nSPS) is 16.2. The molecule has 28 heavy (non-hydrogen) atoms. The van der Waals surface area contributed by atoms with Crippen LogP contribution in [0.4, 0.5) is 0 Å². The average molecular weight is 421 g/mol. The lowest BCUT2D eigenvalue weighted by atomic mass is 10.1. The molecule has 1 N–H and O–H groups in total. The number of hydrogen-bond acceptors (Lipinski definition) is 5. The van der Waals surface area contributed by atoms with Gasteiger partial charge in [-0.05, 0) is 31.9 Å². The van der Waals surface area contributed by atoms with Crippen molar-refractivity contribution in [2.24, 2.45) is 0 Å². The Labute approximate surface area is 174 Å². The zero-order chi connectivity index (χ0) is 19.9. The third kappa shape index (κ3) is 6.04. The lowest BCUT2D eigenvalue weighted by Gasteiger charge is -2.19. The molecule has 1 atom stereocenters. The Kier molecular flexibility index (Phi) is 7.45. The van der Waals surface area contributed by atoms with Crippen molar-refractivity contribution in [2.75, 3.05) is 0 Å². The number of nitrogens with one attached hydrogen (secondary N) is 1. The number of nitrogens with zero attached hydrogens (tertiary/aromatic N) is 1. The molecule has 0 spiro atoms. The van der Waals surface area contributed by atoms with E-state index in [4.69, 9.17) is 16.3 Å². The van der Waals surface area contributed by atoms with Gasteiger partial charge in [0.25, 0.3) is 5.91 Å². The minimum absolute atomic E-state index is 0.0468. The highest BCUT2D eigenvalue weighted by molar-refractivity contribution is 7.13. The van der Waals surface area contributed by atoms with Crippen molar-refractivity contribution in [1.82, 2.24) is 10.3 Å². The van der Waals surface area contributed by atoms with Gasteiger partial charge in [-0.1, -0.05) is 49.4 Å². The second kappa shape index (κ2) is 10.0. The van der Waals surface area contributed by atoms with Crippen LogP contribution in [0.5, 0.6) is 0 Å². The molecule has 1 fully saturated rings. The van der Waals surface area contributed by atoms with E-state index in [1.54, 1.807) is 19.1 Å². The summed E-state index contributed by atoms with van der Waals surface area (Å²) < 4.78 is 5.32. The van der Waals surface area contributed by atoms with E-state index in [-0.39, 0.29) is 18.4 Å². The molecule has 0 unspecified atom stereocenters. The van der Waals surface area contributed by atoms with E-state index in [0.717, 1.165) is 36.3 Å². The van der Waals surface area contributed by atoms with Gasteiger partial charge in [0.1, 0.15) is 5.01 Å². The molecule has 1 aliphatic rings. The fourth-order valence-electron chi connectivity index (χ4n) is 3.30. The van der Waals surface area contributed by atoms with Crippen molar-refractivity contribution >= 4 is 34.8 Å². The van der Waals surface area contributed by atoms with Gasteiger partial charge in [0.2, 0.25) is 0 Å². The van der Waals surface area contributed by atoms with E-state index < -0.39 is 12.1 Å². The maximum absolute atomic E-state index is 12.3. The molecule has 1 saturated carbocycles. The average Bonchev–Trinajstić information content (AvgIpc) is 2.97. The van der Waals surface area contributed by atoms with E-state index in [0.29, 0.717) is 10.7 Å². The zero-order valence-corrected chi connectivity index (χ0v) is 17.5. The smallest absolute Gasteiger partial charge is 0.312 e. The maximum Gasteiger partial charge on any atom is 0.312 e. The molecule has 1 amide bonds. The van der Waals surface area contributed by atoms with Crippen LogP contribution in [0.1, 0.15) is 51.1 Å². The van der Waals surface area contributed by atoms with E-state index in [1.165, 1.54) is 24.2 Å². The van der Waals surface area contributed by atoms with E-state index in [1.807, 2.05) is 17.5 Å². The molecule has 0 saturated heterocycles. The maximum atomic E-state index is 12.3. The molecule has 0 radical (unpaired) electrons. The van der Waals surface area contributed by atoms with Gasteiger partial charge in [0.15, 0.2) is 6.10 Å². The molecule has 150 valence electrons. The van der Waals surface area contributed by atoms with Crippen LogP contribution in [0.2, 0.25) is 5.02 Å². The van der Waals surface area contributed by atoms with Crippen molar-refractivity contribution < 1.29 is 14.3 Å². The van der Waals surface area contributed by atoms with Crippen LogP contribution in [-0.4, -0.2) is 29.0 Å². The van der Waals surface area contributed by atoms with E-state index >= 15 is 0 Å². The molecule has 0 bridgehead atoms. The van der Waals surface area contributed by atoms with Gasteiger partial charge in [0.05, 0.1) is 12.1 Å². The lowest BCUT2D eigenvalue weighted by molar-refractivity contribution is -0.154. The minimum atomic E-state index is -0.801. The summed E-state index contributed by atoms with van der Waals surface area (Å²) in [7, 11) is 0. The number of esters is 1. The second-order valence-electron chi connectivity index (χ2n) is 7.16. The molecule has 1 heterocycles. The quantitative estimate of drug-likeness (QED) is 0.539. The largest absolute Gasteiger partial charge is 0.452 e. The summed E-state index contributed by atoms with van der Waals surface area (Å²) in [6.07, 6.45) is 5.97. The molecule has 7 heteroatoms. The number of carbonyl (C=O) groups is 2. The molecular formula is C21H25ClN2O3S. The monoisotopic (exact) mass is 420 g/mol. The Morgan fingerprint density at radius 2 is 1.89 bits per heavy atom. The first-order chi connectivity index (χ1) is 13.5. The van der Waals surface area contributed by atoms with Gasteiger partial charge in [0, 0.05) is 22.0 Å². The number of ether oxygens (including phenoxy) is 1. The SMILES string of the molecule is C[C@@H](OC(=O)Cc1csc(-c2ccc(Cl)cc2)n1)C(=O)NC1CCCCCC1. The summed E-state index contributed by atoms with van der Waals surface area (Å²) >= 11 is 7.37. The summed E-state index contributed by atoms with van der Waals surface area (Å²) in [6.45, 7) is 1.62. The van der Waals surface area contributed by atoms with Gasteiger partial charge in [-0.2, -0.15) is 0 Å². The van der Waals surface area contributed by atoms with Crippen LogP contribution in [0.25, 0.3) is 10.6 Å². The predicted octanol–water partition coefficient (Wildman–Crippen LogP) is 4.78. The third-order valence-electron chi connectivity index (χ3n) is 4.85. The first-order valence-corrected chi connectivity index (χ1v) is 11.0. The zero-order valence-electron chi connectivity index (χ0n) is 15.9. The second-order valence-corrected chi connectivity index (χ2v) is 8.45. The fourth-order valence-corrected chi connectivity index (χ4v) is 4.25. The summed E-state index contributed by atoms with van der Waals surface area (Å²) in [5, 5.41) is 6.34. The Bertz CT molecular complexity index is 798. The van der Waals surface area contributed by atoms with E-state index in [2.05, 4.69) is 10.3 Å². The molecular weight excluding hydrogens is 396 g/mol. The van der Waals surface area contributed by atoms with Gasteiger partial charge >= 0.3 is 5.97 Å². The van der Waals surface area contributed by atoms with Crippen molar-refractivity contribution in [2.45, 2.75) is 64.0 Å².